The summed E-state index contributed by atoms with van der Waals surface area (Å²) in [6.07, 6.45) is 3.52. The molecular weight excluding hydrogens is 214 g/mol. The molecule has 0 aliphatic heterocycles. The molecule has 1 fully saturated rings. The Hall–Kier alpha value is -1.71. The number of nitrogens with one attached hydrogen (secondary N) is 1. The highest BCUT2D eigenvalue weighted by molar-refractivity contribution is 5.99. The molecular formula is C13H19N3O. The molecule has 4 heteroatoms. The Morgan fingerprint density at radius 2 is 2.18 bits per heavy atom. The highest BCUT2D eigenvalue weighted by Gasteiger charge is 2.22. The van der Waals surface area contributed by atoms with E-state index < -0.39 is 5.91 Å². The van der Waals surface area contributed by atoms with Gasteiger partial charge in [-0.3, -0.25) is 4.79 Å². The third-order valence-corrected chi connectivity index (χ3v) is 3.36. The molecule has 0 spiro atoms. The van der Waals surface area contributed by atoms with Crippen molar-refractivity contribution in [3.63, 3.8) is 0 Å². The molecule has 1 saturated carbocycles. The first-order valence-corrected chi connectivity index (χ1v) is 6.02. The number of nitrogen functional groups attached to an aromatic ring is 1. The number of nitrogens with two attached hydrogens (primary N) is 2. The van der Waals surface area contributed by atoms with Gasteiger partial charge in [0.2, 0.25) is 0 Å². The molecule has 1 aromatic rings. The van der Waals surface area contributed by atoms with E-state index in [0.29, 0.717) is 17.3 Å². The molecule has 1 aliphatic carbocycles. The third kappa shape index (κ3) is 2.70. The average molecular weight is 233 g/mol. The Morgan fingerprint density at radius 1 is 1.41 bits per heavy atom. The number of anilines is 2. The highest BCUT2D eigenvalue weighted by atomic mass is 16.1. The molecule has 17 heavy (non-hydrogen) atoms. The number of primary amides is 1. The predicted octanol–water partition coefficient (Wildman–Crippen LogP) is 1.97. The Kier molecular flexibility index (Phi) is 3.22. The van der Waals surface area contributed by atoms with Crippen LogP contribution < -0.4 is 16.8 Å². The Labute approximate surface area is 101 Å². The summed E-state index contributed by atoms with van der Waals surface area (Å²) in [5, 5.41) is 3.39. The van der Waals surface area contributed by atoms with Gasteiger partial charge in [-0.05, 0) is 43.4 Å². The highest BCUT2D eigenvalue weighted by Crippen LogP contribution is 2.29. The minimum Gasteiger partial charge on any atom is -0.399 e. The second-order valence-electron chi connectivity index (χ2n) is 4.93. The van der Waals surface area contributed by atoms with Crippen molar-refractivity contribution in [2.75, 3.05) is 11.1 Å². The van der Waals surface area contributed by atoms with Crippen molar-refractivity contribution in [3.05, 3.63) is 23.8 Å². The van der Waals surface area contributed by atoms with Gasteiger partial charge in [-0.15, -0.1) is 0 Å². The van der Waals surface area contributed by atoms with Crippen molar-refractivity contribution in [3.8, 4) is 0 Å². The van der Waals surface area contributed by atoms with Crippen molar-refractivity contribution in [1.29, 1.82) is 0 Å². The molecule has 2 atom stereocenters. The number of hydrogen-bond acceptors (Lipinski definition) is 3. The summed E-state index contributed by atoms with van der Waals surface area (Å²) in [7, 11) is 0. The average Bonchev–Trinajstić information content (AvgIpc) is 2.66. The monoisotopic (exact) mass is 233 g/mol. The lowest BCUT2D eigenvalue weighted by atomic mass is 10.1. The van der Waals surface area contributed by atoms with Crippen molar-refractivity contribution in [2.24, 2.45) is 11.7 Å². The second kappa shape index (κ2) is 4.65. The van der Waals surface area contributed by atoms with Crippen LogP contribution in [0, 0.1) is 5.92 Å². The van der Waals surface area contributed by atoms with Crippen molar-refractivity contribution >= 4 is 17.3 Å². The first-order valence-electron chi connectivity index (χ1n) is 6.02. The minimum absolute atomic E-state index is 0.437. The lowest BCUT2D eigenvalue weighted by Crippen LogP contribution is -2.20. The Bertz CT molecular complexity index is 431. The van der Waals surface area contributed by atoms with Gasteiger partial charge in [0.25, 0.3) is 5.91 Å². The summed E-state index contributed by atoms with van der Waals surface area (Å²) in [6, 6.07) is 5.68. The largest absolute Gasteiger partial charge is 0.399 e. The van der Waals surface area contributed by atoms with E-state index in [9.17, 15) is 4.79 Å². The third-order valence-electron chi connectivity index (χ3n) is 3.36. The van der Waals surface area contributed by atoms with Crippen LogP contribution in [0.25, 0.3) is 0 Å². The Morgan fingerprint density at radius 3 is 2.76 bits per heavy atom. The molecule has 2 rings (SSSR count). The molecule has 0 radical (unpaired) electrons. The van der Waals surface area contributed by atoms with E-state index in [1.165, 1.54) is 6.42 Å². The van der Waals surface area contributed by atoms with Crippen LogP contribution in [0.4, 0.5) is 11.4 Å². The van der Waals surface area contributed by atoms with Gasteiger partial charge in [-0.25, -0.2) is 0 Å². The predicted molar refractivity (Wildman–Crippen MR) is 69.8 cm³/mol. The van der Waals surface area contributed by atoms with E-state index in [1.807, 2.05) is 6.07 Å². The van der Waals surface area contributed by atoms with Gasteiger partial charge in [0.15, 0.2) is 0 Å². The second-order valence-corrected chi connectivity index (χ2v) is 4.93. The van der Waals surface area contributed by atoms with E-state index in [-0.39, 0.29) is 0 Å². The number of hydrogen-bond donors (Lipinski definition) is 3. The summed E-state index contributed by atoms with van der Waals surface area (Å²) in [6.45, 7) is 2.25. The molecule has 0 heterocycles. The number of rotatable bonds is 3. The normalized spacial score (nSPS) is 23.6. The van der Waals surface area contributed by atoms with Crippen LogP contribution in [0.3, 0.4) is 0 Å². The lowest BCUT2D eigenvalue weighted by Gasteiger charge is -2.16. The van der Waals surface area contributed by atoms with Gasteiger partial charge in [0.1, 0.15) is 0 Å². The summed E-state index contributed by atoms with van der Waals surface area (Å²) < 4.78 is 0. The summed E-state index contributed by atoms with van der Waals surface area (Å²) >= 11 is 0. The molecule has 1 amide bonds. The SMILES string of the molecule is CC1CCC(Nc2ccc(N)cc2C(N)=O)C1. The number of benzene rings is 1. The van der Waals surface area contributed by atoms with E-state index in [4.69, 9.17) is 11.5 Å². The zero-order valence-electron chi connectivity index (χ0n) is 10.1. The molecule has 2 unspecified atom stereocenters. The first-order chi connectivity index (χ1) is 8.06. The summed E-state index contributed by atoms with van der Waals surface area (Å²) in [5.74, 6) is 0.309. The summed E-state index contributed by atoms with van der Waals surface area (Å²) in [4.78, 5) is 11.3. The smallest absolute Gasteiger partial charge is 0.250 e. The van der Waals surface area contributed by atoms with E-state index in [2.05, 4.69) is 12.2 Å². The van der Waals surface area contributed by atoms with E-state index in [1.54, 1.807) is 12.1 Å². The van der Waals surface area contributed by atoms with Crippen LogP contribution in [-0.4, -0.2) is 11.9 Å². The zero-order chi connectivity index (χ0) is 12.4. The molecule has 5 N–H and O–H groups in total. The molecule has 4 nitrogen and oxygen atoms in total. The van der Waals surface area contributed by atoms with Gasteiger partial charge in [0, 0.05) is 17.4 Å². The van der Waals surface area contributed by atoms with Gasteiger partial charge in [0.05, 0.1) is 5.56 Å². The van der Waals surface area contributed by atoms with Crippen LogP contribution in [0.5, 0.6) is 0 Å². The van der Waals surface area contributed by atoms with Crippen molar-refractivity contribution < 1.29 is 4.79 Å². The number of carbonyl (C=O) groups is 1. The van der Waals surface area contributed by atoms with Gasteiger partial charge < -0.3 is 16.8 Å². The van der Waals surface area contributed by atoms with E-state index in [0.717, 1.165) is 24.4 Å². The molecule has 92 valence electrons. The standard InChI is InChI=1S/C13H19N3O/c1-8-2-4-10(6-8)16-12-5-3-9(14)7-11(12)13(15)17/h3,5,7-8,10,16H,2,4,6,14H2,1H3,(H2,15,17). The van der Waals surface area contributed by atoms with Gasteiger partial charge in [-0.2, -0.15) is 0 Å². The van der Waals surface area contributed by atoms with Crippen LogP contribution in [-0.2, 0) is 0 Å². The molecule has 0 bridgehead atoms. The fourth-order valence-corrected chi connectivity index (χ4v) is 2.45. The minimum atomic E-state index is -0.439. The number of amides is 1. The maximum atomic E-state index is 11.3. The van der Waals surface area contributed by atoms with Crippen LogP contribution in [0.2, 0.25) is 0 Å². The zero-order valence-corrected chi connectivity index (χ0v) is 10.1. The van der Waals surface area contributed by atoms with Gasteiger partial charge in [-0.1, -0.05) is 6.92 Å². The molecule has 0 saturated heterocycles. The maximum Gasteiger partial charge on any atom is 0.250 e. The fourth-order valence-electron chi connectivity index (χ4n) is 2.45. The van der Waals surface area contributed by atoms with Crippen LogP contribution in [0.1, 0.15) is 36.5 Å². The van der Waals surface area contributed by atoms with E-state index >= 15 is 0 Å². The van der Waals surface area contributed by atoms with Gasteiger partial charge >= 0.3 is 0 Å². The van der Waals surface area contributed by atoms with Crippen LogP contribution >= 0.6 is 0 Å². The van der Waals surface area contributed by atoms with Crippen LogP contribution in [0.15, 0.2) is 18.2 Å². The lowest BCUT2D eigenvalue weighted by molar-refractivity contribution is 0.100. The first kappa shape index (κ1) is 11.8. The number of carbonyl (C=O) groups excluding carboxylic acids is 1. The quantitative estimate of drug-likeness (QED) is 0.698. The van der Waals surface area contributed by atoms with Crippen molar-refractivity contribution in [2.45, 2.75) is 32.2 Å². The van der Waals surface area contributed by atoms with Crippen molar-refractivity contribution in [1.82, 2.24) is 0 Å². The topological polar surface area (TPSA) is 81.1 Å². The fraction of sp³-hybridized carbons (Fsp3) is 0.462. The molecule has 0 aromatic heterocycles. The summed E-state index contributed by atoms with van der Waals surface area (Å²) in [5.41, 5.74) is 12.8. The molecule has 1 aromatic carbocycles. The Balaban J connectivity index is 2.17. The maximum absolute atomic E-state index is 11.3. The molecule has 1 aliphatic rings.